The molecule has 0 radical (unpaired) electrons. The van der Waals surface area contributed by atoms with E-state index in [1.807, 2.05) is 0 Å². The number of hydrogen-bond donors (Lipinski definition) is 1. The van der Waals surface area contributed by atoms with Crippen LogP contribution in [-0.4, -0.2) is 30.0 Å². The Balaban J connectivity index is 1.41. The Morgan fingerprint density at radius 1 is 1.12 bits per heavy atom. The molecule has 0 amide bonds. The summed E-state index contributed by atoms with van der Waals surface area (Å²) in [5.74, 6) is 0.0656. The fourth-order valence-electron chi connectivity index (χ4n) is 3.54. The number of esters is 1. The molecule has 2 aromatic carbocycles. The average molecular weight is 480 g/mol. The molecule has 2 aromatic heterocycles. The molecule has 174 valence electrons. The monoisotopic (exact) mass is 479 g/mol. The number of carbonyl (C=O) groups excluding carboxylic acids is 1. The molecule has 1 N–H and O–H groups in total. The van der Waals surface area contributed by atoms with Gasteiger partial charge in [0, 0.05) is 6.04 Å². The number of ether oxygens (including phenoxy) is 1. The first-order valence-corrected chi connectivity index (χ1v) is 12.2. The third-order valence-corrected chi connectivity index (χ3v) is 6.96. The predicted molar refractivity (Wildman–Crippen MR) is 123 cm³/mol. The summed E-state index contributed by atoms with van der Waals surface area (Å²) < 4.78 is 39.7. The number of rotatable bonds is 8. The van der Waals surface area contributed by atoms with Crippen molar-refractivity contribution in [1.29, 1.82) is 0 Å². The van der Waals surface area contributed by atoms with E-state index in [2.05, 4.69) is 9.71 Å². The van der Waals surface area contributed by atoms with Gasteiger partial charge in [-0.15, -0.1) is 0 Å². The van der Waals surface area contributed by atoms with E-state index < -0.39 is 16.0 Å². The van der Waals surface area contributed by atoms with E-state index in [1.165, 1.54) is 35.1 Å². The van der Waals surface area contributed by atoms with Crippen molar-refractivity contribution in [3.05, 3.63) is 94.4 Å². The smallest absolute Gasteiger partial charge is 0.338 e. The maximum atomic E-state index is 13.1. The Kier molecular flexibility index (Phi) is 5.76. The number of fused-ring (bicyclic) bond motifs is 1. The van der Waals surface area contributed by atoms with Gasteiger partial charge in [-0.05, 0) is 55.3 Å². The van der Waals surface area contributed by atoms with E-state index >= 15 is 0 Å². The summed E-state index contributed by atoms with van der Waals surface area (Å²) in [7, 11) is -3.71. The second-order valence-corrected chi connectivity index (χ2v) is 9.73. The van der Waals surface area contributed by atoms with Crippen LogP contribution in [0.3, 0.4) is 0 Å². The standard InChI is InChI=1S/C24H21N3O6S/c28-23-20-8-1-2-9-21(20)25-22(27(23)14-18-6-4-12-32-18)15-33-24(29)16-5-3-7-19(13-16)34(30,31)26-17-10-11-17/h1-9,12-13,17,26H,10-11,14-15H2. The number of furan rings is 1. The number of carbonyl (C=O) groups is 1. The molecule has 0 spiro atoms. The summed E-state index contributed by atoms with van der Waals surface area (Å²) in [6, 6.07) is 16.0. The lowest BCUT2D eigenvalue weighted by Crippen LogP contribution is -2.27. The molecule has 0 atom stereocenters. The topological polar surface area (TPSA) is 120 Å². The van der Waals surface area contributed by atoms with Crippen LogP contribution >= 0.6 is 0 Å². The molecular formula is C24H21N3O6S. The highest BCUT2D eigenvalue weighted by Crippen LogP contribution is 2.22. The van der Waals surface area contributed by atoms with Gasteiger partial charge in [-0.1, -0.05) is 18.2 Å². The Bertz CT molecular complexity index is 1520. The fraction of sp³-hybridized carbons (Fsp3) is 0.208. The van der Waals surface area contributed by atoms with Crippen molar-refractivity contribution in [3.63, 3.8) is 0 Å². The summed E-state index contributed by atoms with van der Waals surface area (Å²) in [6.07, 6.45) is 3.12. The molecule has 1 saturated carbocycles. The van der Waals surface area contributed by atoms with Crippen LogP contribution in [0.15, 0.2) is 81.0 Å². The summed E-state index contributed by atoms with van der Waals surface area (Å²) in [5.41, 5.74) is 0.278. The number of sulfonamides is 1. The first-order valence-electron chi connectivity index (χ1n) is 10.7. The highest BCUT2D eigenvalue weighted by Gasteiger charge is 2.28. The van der Waals surface area contributed by atoms with Gasteiger partial charge in [0.25, 0.3) is 5.56 Å². The Labute approximate surface area is 195 Å². The van der Waals surface area contributed by atoms with Crippen molar-refractivity contribution in [2.75, 3.05) is 0 Å². The lowest BCUT2D eigenvalue weighted by Gasteiger charge is -2.13. The van der Waals surface area contributed by atoms with Crippen molar-refractivity contribution in [1.82, 2.24) is 14.3 Å². The summed E-state index contributed by atoms with van der Waals surface area (Å²) in [6.45, 7) is -0.159. The van der Waals surface area contributed by atoms with Gasteiger partial charge in [0.05, 0.1) is 34.2 Å². The molecule has 34 heavy (non-hydrogen) atoms. The molecule has 2 heterocycles. The van der Waals surface area contributed by atoms with E-state index in [9.17, 15) is 18.0 Å². The predicted octanol–water partition coefficient (Wildman–Crippen LogP) is 2.84. The van der Waals surface area contributed by atoms with E-state index in [0.29, 0.717) is 16.7 Å². The third kappa shape index (κ3) is 4.63. The minimum atomic E-state index is -3.71. The number of hydrogen-bond acceptors (Lipinski definition) is 7. The average Bonchev–Trinajstić information content (AvgIpc) is 3.49. The molecule has 0 saturated heterocycles. The lowest BCUT2D eigenvalue weighted by atomic mass is 10.2. The first-order chi connectivity index (χ1) is 16.4. The van der Waals surface area contributed by atoms with Crippen LogP contribution in [0.25, 0.3) is 10.9 Å². The van der Waals surface area contributed by atoms with Crippen molar-refractivity contribution in [3.8, 4) is 0 Å². The largest absolute Gasteiger partial charge is 0.467 e. The number of benzene rings is 2. The van der Waals surface area contributed by atoms with Gasteiger partial charge in [0.1, 0.15) is 12.4 Å². The normalized spacial score (nSPS) is 13.8. The maximum absolute atomic E-state index is 13.1. The molecule has 4 aromatic rings. The highest BCUT2D eigenvalue weighted by atomic mass is 32.2. The number of aromatic nitrogens is 2. The van der Waals surface area contributed by atoms with Gasteiger partial charge in [-0.3, -0.25) is 9.36 Å². The van der Waals surface area contributed by atoms with Crippen molar-refractivity contribution >= 4 is 26.9 Å². The van der Waals surface area contributed by atoms with Gasteiger partial charge in [-0.2, -0.15) is 0 Å². The SMILES string of the molecule is O=C(OCc1nc2ccccc2c(=O)n1Cc1ccco1)c1cccc(S(=O)(=O)NC2CC2)c1. The van der Waals surface area contributed by atoms with Gasteiger partial charge in [-0.25, -0.2) is 22.9 Å². The van der Waals surface area contributed by atoms with Gasteiger partial charge < -0.3 is 9.15 Å². The lowest BCUT2D eigenvalue weighted by molar-refractivity contribution is 0.0456. The van der Waals surface area contributed by atoms with E-state index in [-0.39, 0.29) is 41.0 Å². The summed E-state index contributed by atoms with van der Waals surface area (Å²) >= 11 is 0. The molecule has 0 bridgehead atoms. The zero-order chi connectivity index (χ0) is 23.7. The molecule has 1 aliphatic rings. The van der Waals surface area contributed by atoms with Gasteiger partial charge >= 0.3 is 5.97 Å². The minimum Gasteiger partial charge on any atom is -0.467 e. The maximum Gasteiger partial charge on any atom is 0.338 e. The van der Waals surface area contributed by atoms with Crippen LogP contribution in [0.2, 0.25) is 0 Å². The second kappa shape index (κ2) is 8.88. The Hall–Kier alpha value is -3.76. The van der Waals surface area contributed by atoms with Crippen LogP contribution in [0.5, 0.6) is 0 Å². The second-order valence-electron chi connectivity index (χ2n) is 8.02. The van der Waals surface area contributed by atoms with E-state index in [0.717, 1.165) is 12.8 Å². The van der Waals surface area contributed by atoms with Gasteiger partial charge in [0.15, 0.2) is 5.82 Å². The molecule has 9 nitrogen and oxygen atoms in total. The first kappa shape index (κ1) is 22.1. The van der Waals surface area contributed by atoms with Crippen LogP contribution in [0.1, 0.15) is 34.8 Å². The number of para-hydroxylation sites is 1. The van der Waals surface area contributed by atoms with E-state index in [4.69, 9.17) is 9.15 Å². The highest BCUT2D eigenvalue weighted by molar-refractivity contribution is 7.89. The zero-order valence-electron chi connectivity index (χ0n) is 18.0. The van der Waals surface area contributed by atoms with E-state index in [1.54, 1.807) is 36.4 Å². The molecule has 10 heteroatoms. The van der Waals surface area contributed by atoms with Crippen LogP contribution in [0, 0.1) is 0 Å². The Morgan fingerprint density at radius 2 is 1.94 bits per heavy atom. The number of nitrogens with zero attached hydrogens (tertiary/aromatic N) is 2. The third-order valence-electron chi connectivity index (χ3n) is 5.45. The molecule has 0 unspecified atom stereocenters. The van der Waals surface area contributed by atoms with Crippen LogP contribution in [-0.2, 0) is 27.9 Å². The molecular weight excluding hydrogens is 458 g/mol. The quantitative estimate of drug-likeness (QED) is 0.386. The summed E-state index contributed by atoms with van der Waals surface area (Å²) in [5, 5.41) is 0.435. The number of nitrogens with one attached hydrogen (secondary N) is 1. The minimum absolute atomic E-state index is 0.00703. The molecule has 1 fully saturated rings. The zero-order valence-corrected chi connectivity index (χ0v) is 18.8. The summed E-state index contributed by atoms with van der Waals surface area (Å²) in [4.78, 5) is 30.4. The van der Waals surface area contributed by atoms with Crippen LogP contribution < -0.4 is 10.3 Å². The Morgan fingerprint density at radius 3 is 2.71 bits per heavy atom. The molecule has 1 aliphatic carbocycles. The van der Waals surface area contributed by atoms with Crippen molar-refractivity contribution in [2.24, 2.45) is 0 Å². The van der Waals surface area contributed by atoms with Crippen molar-refractivity contribution in [2.45, 2.75) is 36.9 Å². The van der Waals surface area contributed by atoms with Gasteiger partial charge in [0.2, 0.25) is 10.0 Å². The van der Waals surface area contributed by atoms with Crippen LogP contribution in [0.4, 0.5) is 0 Å². The van der Waals surface area contributed by atoms with Crippen molar-refractivity contribution < 1.29 is 22.4 Å². The molecule has 0 aliphatic heterocycles. The molecule has 5 rings (SSSR count). The fourth-order valence-corrected chi connectivity index (χ4v) is 4.89.